The predicted octanol–water partition coefficient (Wildman–Crippen LogP) is 4.73. The number of hydrogen-bond donors (Lipinski definition) is 0. The lowest BCUT2D eigenvalue weighted by Gasteiger charge is -2.34. The van der Waals surface area contributed by atoms with Crippen LogP contribution in [-0.2, 0) is 10.0 Å². The Morgan fingerprint density at radius 2 is 1.71 bits per heavy atom. The lowest BCUT2D eigenvalue weighted by atomic mass is 9.88. The maximum Gasteiger partial charge on any atom is 0.268 e. The van der Waals surface area contributed by atoms with Gasteiger partial charge < -0.3 is 4.90 Å². The Morgan fingerprint density at radius 3 is 2.29 bits per heavy atom. The van der Waals surface area contributed by atoms with Crippen molar-refractivity contribution in [2.45, 2.75) is 50.5 Å². The molecule has 0 radical (unpaired) electrons. The Bertz CT molecular complexity index is 1220. The summed E-state index contributed by atoms with van der Waals surface area (Å²) in [5.41, 5.74) is 1.69. The van der Waals surface area contributed by atoms with Gasteiger partial charge in [0.05, 0.1) is 16.1 Å². The molecule has 0 aliphatic carbocycles. The topological polar surface area (TPSA) is 59.4 Å². The number of carbonyl (C=O) groups is 1. The molecule has 0 spiro atoms. The van der Waals surface area contributed by atoms with E-state index in [0.717, 1.165) is 35.5 Å². The van der Waals surface area contributed by atoms with Crippen molar-refractivity contribution in [1.82, 2.24) is 8.87 Å². The number of nitrogens with zero attached hydrogens (tertiary/aromatic N) is 2. The van der Waals surface area contributed by atoms with E-state index >= 15 is 4.39 Å². The van der Waals surface area contributed by atoms with Crippen LogP contribution in [0, 0.1) is 12.7 Å². The summed E-state index contributed by atoms with van der Waals surface area (Å²) in [5, 5.41) is 0.556. The number of likely N-dealkylation sites (tertiary alicyclic amines) is 1. The molecule has 0 atom stereocenters. The largest absolute Gasteiger partial charge is 0.301 e. The molecule has 4 rings (SSSR count). The smallest absolute Gasteiger partial charge is 0.268 e. The van der Waals surface area contributed by atoms with Crippen LogP contribution in [0.25, 0.3) is 10.9 Å². The number of halogens is 1. The van der Waals surface area contributed by atoms with Crippen molar-refractivity contribution in [2.24, 2.45) is 0 Å². The number of aryl methyl sites for hydroxylation is 1. The molecule has 2 aromatic carbocycles. The number of aromatic nitrogens is 1. The van der Waals surface area contributed by atoms with Gasteiger partial charge in [0.15, 0.2) is 6.29 Å². The Morgan fingerprint density at radius 1 is 1.06 bits per heavy atom. The van der Waals surface area contributed by atoms with Crippen molar-refractivity contribution in [3.05, 3.63) is 65.1 Å². The fourth-order valence-corrected chi connectivity index (χ4v) is 5.93. The van der Waals surface area contributed by atoms with E-state index in [1.807, 2.05) is 6.92 Å². The summed E-state index contributed by atoms with van der Waals surface area (Å²) in [6.45, 7) is 7.99. The van der Waals surface area contributed by atoms with Crippen molar-refractivity contribution >= 4 is 27.2 Å². The summed E-state index contributed by atoms with van der Waals surface area (Å²) in [4.78, 5) is 14.2. The molecule has 164 valence electrons. The first-order chi connectivity index (χ1) is 14.7. The van der Waals surface area contributed by atoms with Crippen molar-refractivity contribution in [3.8, 4) is 0 Å². The Kier molecular flexibility index (Phi) is 5.75. The zero-order valence-electron chi connectivity index (χ0n) is 18.0. The third-order valence-electron chi connectivity index (χ3n) is 6.28. The van der Waals surface area contributed by atoms with Crippen LogP contribution in [0.4, 0.5) is 4.39 Å². The van der Waals surface area contributed by atoms with E-state index in [0.29, 0.717) is 23.3 Å². The molecule has 0 unspecified atom stereocenters. The highest BCUT2D eigenvalue weighted by atomic mass is 32.2. The van der Waals surface area contributed by atoms with Crippen LogP contribution in [0.5, 0.6) is 0 Å². The van der Waals surface area contributed by atoms with Crippen LogP contribution in [0.1, 0.15) is 54.2 Å². The minimum Gasteiger partial charge on any atom is -0.301 e. The third kappa shape index (κ3) is 3.92. The number of piperidine rings is 1. The Hall–Kier alpha value is -2.51. The first-order valence-corrected chi connectivity index (χ1v) is 12.0. The van der Waals surface area contributed by atoms with Gasteiger partial charge in [-0.05, 0) is 88.5 Å². The van der Waals surface area contributed by atoms with E-state index in [4.69, 9.17) is 0 Å². The van der Waals surface area contributed by atoms with Crippen LogP contribution < -0.4 is 0 Å². The Labute approximate surface area is 182 Å². The summed E-state index contributed by atoms with van der Waals surface area (Å²) in [7, 11) is -4.04. The normalized spacial score (nSPS) is 16.3. The predicted molar refractivity (Wildman–Crippen MR) is 120 cm³/mol. The molecule has 1 aliphatic rings. The minimum atomic E-state index is -4.04. The molecule has 3 aromatic rings. The highest BCUT2D eigenvalue weighted by Gasteiger charge is 2.27. The van der Waals surface area contributed by atoms with E-state index in [1.54, 1.807) is 18.2 Å². The molecule has 2 heterocycles. The summed E-state index contributed by atoms with van der Waals surface area (Å²) in [6, 6.07) is 11.4. The zero-order valence-corrected chi connectivity index (χ0v) is 18.8. The average Bonchev–Trinajstić information content (AvgIpc) is 3.11. The summed E-state index contributed by atoms with van der Waals surface area (Å²) < 4.78 is 42.7. The molecule has 1 fully saturated rings. The maximum absolute atomic E-state index is 15.2. The fraction of sp³-hybridized carbons (Fsp3) is 0.375. The molecule has 1 aliphatic heterocycles. The highest BCUT2D eigenvalue weighted by Crippen LogP contribution is 2.35. The van der Waals surface area contributed by atoms with E-state index in [2.05, 4.69) is 18.7 Å². The number of fused-ring (bicyclic) bond motifs is 1. The zero-order chi connectivity index (χ0) is 22.3. The molecule has 0 N–H and O–H groups in total. The lowest BCUT2D eigenvalue weighted by Crippen LogP contribution is -2.38. The second-order valence-corrected chi connectivity index (χ2v) is 10.4. The highest BCUT2D eigenvalue weighted by molar-refractivity contribution is 7.90. The van der Waals surface area contributed by atoms with Gasteiger partial charge in [0, 0.05) is 11.4 Å². The van der Waals surface area contributed by atoms with Gasteiger partial charge in [-0.1, -0.05) is 17.7 Å². The summed E-state index contributed by atoms with van der Waals surface area (Å²) in [6.07, 6.45) is 2.21. The average molecular weight is 443 g/mol. The number of hydrogen-bond acceptors (Lipinski definition) is 4. The molecule has 1 saturated heterocycles. The van der Waals surface area contributed by atoms with Gasteiger partial charge in [-0.15, -0.1) is 0 Å². The molecule has 0 amide bonds. The Balaban J connectivity index is 1.78. The quantitative estimate of drug-likeness (QED) is 0.536. The summed E-state index contributed by atoms with van der Waals surface area (Å²) in [5.74, 6) is -0.345. The van der Waals surface area contributed by atoms with Crippen LogP contribution in [-0.4, -0.2) is 42.7 Å². The second-order valence-electron chi connectivity index (χ2n) is 8.61. The minimum absolute atomic E-state index is 0.0123. The van der Waals surface area contributed by atoms with Crippen molar-refractivity contribution in [3.63, 3.8) is 0 Å². The van der Waals surface area contributed by atoms with Crippen molar-refractivity contribution in [1.29, 1.82) is 0 Å². The molecular formula is C24H27FN2O3S. The first kappa shape index (κ1) is 21.7. The molecule has 31 heavy (non-hydrogen) atoms. The molecule has 1 aromatic heterocycles. The lowest BCUT2D eigenvalue weighted by molar-refractivity contribution is 0.111. The monoisotopic (exact) mass is 442 g/mol. The second kappa shape index (κ2) is 8.20. The molecule has 0 bridgehead atoms. The van der Waals surface area contributed by atoms with Gasteiger partial charge in [-0.3, -0.25) is 4.79 Å². The number of benzene rings is 2. The number of carbonyl (C=O) groups excluding carboxylic acids is 1. The number of aldehydes is 1. The van der Waals surface area contributed by atoms with Gasteiger partial charge in [-0.2, -0.15) is 0 Å². The van der Waals surface area contributed by atoms with E-state index in [1.165, 1.54) is 24.3 Å². The van der Waals surface area contributed by atoms with Crippen LogP contribution in [0.2, 0.25) is 0 Å². The van der Waals surface area contributed by atoms with Gasteiger partial charge in [0.2, 0.25) is 0 Å². The standard InChI is InChI=1S/C24H27FN2O3S/c1-16(2)26-10-8-18(9-11-26)22-13-19-12-20(15-28)27(24(19)14-23(22)25)31(29,30)21-6-4-17(3)5-7-21/h4-7,12-16,18H,8-11H2,1-3H3. The molecule has 5 nitrogen and oxygen atoms in total. The molecule has 7 heteroatoms. The van der Waals surface area contributed by atoms with E-state index in [-0.39, 0.29) is 22.0 Å². The van der Waals surface area contributed by atoms with E-state index < -0.39 is 15.8 Å². The van der Waals surface area contributed by atoms with Gasteiger partial charge >= 0.3 is 0 Å². The van der Waals surface area contributed by atoms with Gasteiger partial charge in [-0.25, -0.2) is 16.8 Å². The van der Waals surface area contributed by atoms with E-state index in [9.17, 15) is 13.2 Å². The fourth-order valence-electron chi connectivity index (χ4n) is 4.45. The van der Waals surface area contributed by atoms with Crippen LogP contribution in [0.3, 0.4) is 0 Å². The summed E-state index contributed by atoms with van der Waals surface area (Å²) >= 11 is 0. The van der Waals surface area contributed by atoms with Crippen LogP contribution in [0.15, 0.2) is 47.4 Å². The van der Waals surface area contributed by atoms with Crippen LogP contribution >= 0.6 is 0 Å². The maximum atomic E-state index is 15.2. The van der Waals surface area contributed by atoms with Gasteiger partial charge in [0.1, 0.15) is 5.82 Å². The molecule has 0 saturated carbocycles. The number of rotatable bonds is 5. The molecular weight excluding hydrogens is 415 g/mol. The van der Waals surface area contributed by atoms with Crippen molar-refractivity contribution < 1.29 is 17.6 Å². The SMILES string of the molecule is Cc1ccc(S(=O)(=O)n2c(C=O)cc3cc(C4CCN(C(C)C)CC4)c(F)cc32)cc1. The van der Waals surface area contributed by atoms with Gasteiger partial charge in [0.25, 0.3) is 10.0 Å². The van der Waals surface area contributed by atoms with Crippen molar-refractivity contribution in [2.75, 3.05) is 13.1 Å². The first-order valence-electron chi connectivity index (χ1n) is 10.6. The third-order valence-corrected chi connectivity index (χ3v) is 8.04.